The van der Waals surface area contributed by atoms with Crippen LogP contribution < -0.4 is 0 Å². The minimum Gasteiger partial charge on any atom is -0.462 e. The molecule has 0 saturated heterocycles. The Labute approximate surface area is 117 Å². The van der Waals surface area contributed by atoms with Crippen molar-refractivity contribution < 1.29 is 37.9 Å². The molecule has 20 heavy (non-hydrogen) atoms. The average molecular weight is 312 g/mol. The van der Waals surface area contributed by atoms with E-state index in [-0.39, 0.29) is 19.4 Å². The van der Waals surface area contributed by atoms with E-state index in [1.807, 2.05) is 0 Å². The summed E-state index contributed by atoms with van der Waals surface area (Å²) in [5, 5.41) is 0. The van der Waals surface area contributed by atoms with Gasteiger partial charge in [-0.2, -0.15) is 0 Å². The van der Waals surface area contributed by atoms with Gasteiger partial charge in [-0.1, -0.05) is 13.8 Å². The van der Waals surface area contributed by atoms with E-state index in [4.69, 9.17) is 19.3 Å². The van der Waals surface area contributed by atoms with Gasteiger partial charge in [-0.25, -0.2) is 4.57 Å². The van der Waals surface area contributed by atoms with Crippen molar-refractivity contribution in [2.75, 3.05) is 13.2 Å². The van der Waals surface area contributed by atoms with Gasteiger partial charge in [0.25, 0.3) is 0 Å². The number of carbonyl (C=O) groups excluding carboxylic acids is 2. The Kier molecular flexibility index (Phi) is 9.41. The molecule has 0 rings (SSSR count). The second-order valence-electron chi connectivity index (χ2n) is 4.08. The number of carbonyl (C=O) groups is 2. The lowest BCUT2D eigenvalue weighted by Gasteiger charge is -2.18. The van der Waals surface area contributed by atoms with Crippen molar-refractivity contribution in [3.8, 4) is 0 Å². The van der Waals surface area contributed by atoms with E-state index in [9.17, 15) is 14.2 Å². The van der Waals surface area contributed by atoms with Crippen molar-refractivity contribution in [1.82, 2.24) is 0 Å². The zero-order valence-corrected chi connectivity index (χ0v) is 12.5. The van der Waals surface area contributed by atoms with Crippen LogP contribution in [0.5, 0.6) is 0 Å². The summed E-state index contributed by atoms with van der Waals surface area (Å²) in [5.74, 6) is -1.02. The first-order valence-corrected chi connectivity index (χ1v) is 7.86. The second-order valence-corrected chi connectivity index (χ2v) is 5.32. The minimum atomic E-state index is -4.67. The van der Waals surface area contributed by atoms with Crippen LogP contribution in [0.4, 0.5) is 0 Å². The summed E-state index contributed by atoms with van der Waals surface area (Å²) in [7, 11) is -4.67. The third kappa shape index (κ3) is 10.9. The van der Waals surface area contributed by atoms with Crippen LogP contribution in [0.1, 0.15) is 39.5 Å². The smallest absolute Gasteiger partial charge is 0.462 e. The molecule has 9 heteroatoms. The number of hydrogen-bond acceptors (Lipinski definition) is 6. The molecular weight excluding hydrogens is 291 g/mol. The van der Waals surface area contributed by atoms with E-state index in [0.717, 1.165) is 0 Å². The van der Waals surface area contributed by atoms with Crippen molar-refractivity contribution >= 4 is 19.8 Å². The van der Waals surface area contributed by atoms with Crippen molar-refractivity contribution in [1.29, 1.82) is 0 Å². The number of phosphoric ester groups is 1. The number of esters is 2. The van der Waals surface area contributed by atoms with Crippen molar-refractivity contribution in [2.24, 2.45) is 0 Å². The first-order valence-electron chi connectivity index (χ1n) is 6.33. The Morgan fingerprint density at radius 2 is 1.60 bits per heavy atom. The third-order valence-corrected chi connectivity index (χ3v) is 2.55. The van der Waals surface area contributed by atoms with Gasteiger partial charge in [0, 0.05) is 12.8 Å². The molecule has 0 saturated carbocycles. The molecule has 0 aromatic heterocycles. The number of rotatable bonds is 10. The molecule has 0 aromatic rings. The van der Waals surface area contributed by atoms with Crippen LogP contribution >= 0.6 is 7.82 Å². The normalized spacial score (nSPS) is 12.8. The Hall–Kier alpha value is -0.950. The highest BCUT2D eigenvalue weighted by Gasteiger charge is 2.22. The fraction of sp³-hybridized carbons (Fsp3) is 0.818. The molecule has 8 nitrogen and oxygen atoms in total. The fourth-order valence-corrected chi connectivity index (χ4v) is 1.57. The summed E-state index contributed by atoms with van der Waals surface area (Å²) in [6.45, 7) is 2.74. The maximum atomic E-state index is 11.3. The standard InChI is InChI=1S/C11H21O8P/c1-3-5-10(12)17-7-9(8-18-20(14,15)16)19-11(13)6-4-2/h9H,3-8H2,1-2H3,(H2,14,15,16)/t9-/m1/s1. The lowest BCUT2D eigenvalue weighted by atomic mass is 10.3. The van der Waals surface area contributed by atoms with Crippen LogP contribution in [0, 0.1) is 0 Å². The van der Waals surface area contributed by atoms with Crippen LogP contribution in [0.2, 0.25) is 0 Å². The highest BCUT2D eigenvalue weighted by Crippen LogP contribution is 2.35. The number of phosphoric acid groups is 1. The van der Waals surface area contributed by atoms with Crippen LogP contribution in [0.15, 0.2) is 0 Å². The van der Waals surface area contributed by atoms with E-state index in [1.165, 1.54) is 0 Å². The quantitative estimate of drug-likeness (QED) is 0.455. The summed E-state index contributed by atoms with van der Waals surface area (Å²) in [5.41, 5.74) is 0. The molecule has 0 heterocycles. The molecule has 0 unspecified atom stereocenters. The highest BCUT2D eigenvalue weighted by atomic mass is 31.2. The van der Waals surface area contributed by atoms with Crippen molar-refractivity contribution in [3.63, 3.8) is 0 Å². The number of hydrogen-bond donors (Lipinski definition) is 2. The predicted octanol–water partition coefficient (Wildman–Crippen LogP) is 1.15. The molecule has 118 valence electrons. The third-order valence-electron chi connectivity index (χ3n) is 2.07. The molecule has 0 aliphatic heterocycles. The zero-order valence-electron chi connectivity index (χ0n) is 11.6. The Bertz CT molecular complexity index is 350. The number of ether oxygens (including phenoxy) is 2. The monoisotopic (exact) mass is 312 g/mol. The molecule has 0 aromatic carbocycles. The minimum absolute atomic E-state index is 0.162. The van der Waals surface area contributed by atoms with E-state index < -0.39 is 32.5 Å². The van der Waals surface area contributed by atoms with Crippen LogP contribution in [0.25, 0.3) is 0 Å². The SMILES string of the molecule is CCCC(=O)OC[C@H](COP(=O)(O)O)OC(=O)CCC. The molecule has 0 spiro atoms. The summed E-state index contributed by atoms with van der Waals surface area (Å²) < 4.78 is 24.6. The van der Waals surface area contributed by atoms with E-state index >= 15 is 0 Å². The summed E-state index contributed by atoms with van der Waals surface area (Å²) >= 11 is 0. The summed E-state index contributed by atoms with van der Waals surface area (Å²) in [4.78, 5) is 39.8. The first-order chi connectivity index (χ1) is 9.28. The van der Waals surface area contributed by atoms with Gasteiger partial charge >= 0.3 is 19.8 Å². The first kappa shape index (κ1) is 19.1. The van der Waals surface area contributed by atoms with Gasteiger partial charge < -0.3 is 19.3 Å². The van der Waals surface area contributed by atoms with Gasteiger partial charge in [-0.3, -0.25) is 14.1 Å². The van der Waals surface area contributed by atoms with Crippen LogP contribution in [-0.4, -0.2) is 41.0 Å². The second kappa shape index (κ2) is 9.88. The van der Waals surface area contributed by atoms with Crippen molar-refractivity contribution in [3.05, 3.63) is 0 Å². The van der Waals surface area contributed by atoms with Gasteiger partial charge in [0.05, 0.1) is 6.61 Å². The Balaban J connectivity index is 4.34. The maximum absolute atomic E-state index is 11.3. The van der Waals surface area contributed by atoms with Gasteiger partial charge in [0.2, 0.25) is 0 Å². The van der Waals surface area contributed by atoms with Gasteiger partial charge in [-0.05, 0) is 12.8 Å². The molecule has 0 aliphatic carbocycles. The van der Waals surface area contributed by atoms with Gasteiger partial charge in [0.1, 0.15) is 6.61 Å². The zero-order chi connectivity index (χ0) is 15.6. The van der Waals surface area contributed by atoms with E-state index in [2.05, 4.69) is 4.52 Å². The Morgan fingerprint density at radius 1 is 1.05 bits per heavy atom. The lowest BCUT2D eigenvalue weighted by Crippen LogP contribution is -2.29. The fourth-order valence-electron chi connectivity index (χ4n) is 1.21. The molecule has 0 bridgehead atoms. The molecule has 1 atom stereocenters. The molecule has 2 N–H and O–H groups in total. The highest BCUT2D eigenvalue weighted by molar-refractivity contribution is 7.46. The summed E-state index contributed by atoms with van der Waals surface area (Å²) in [6.07, 6.45) is 0.519. The largest absolute Gasteiger partial charge is 0.469 e. The molecule has 0 radical (unpaired) electrons. The van der Waals surface area contributed by atoms with Gasteiger partial charge in [0.15, 0.2) is 6.10 Å². The van der Waals surface area contributed by atoms with Crippen molar-refractivity contribution in [2.45, 2.75) is 45.6 Å². The van der Waals surface area contributed by atoms with E-state index in [1.54, 1.807) is 13.8 Å². The van der Waals surface area contributed by atoms with Gasteiger partial charge in [-0.15, -0.1) is 0 Å². The predicted molar refractivity (Wildman–Crippen MR) is 68.7 cm³/mol. The Morgan fingerprint density at radius 3 is 2.10 bits per heavy atom. The van der Waals surface area contributed by atoms with E-state index in [0.29, 0.717) is 12.8 Å². The summed E-state index contributed by atoms with van der Waals surface area (Å²) in [6, 6.07) is 0. The topological polar surface area (TPSA) is 119 Å². The van der Waals surface area contributed by atoms with Crippen LogP contribution in [0.3, 0.4) is 0 Å². The maximum Gasteiger partial charge on any atom is 0.469 e. The lowest BCUT2D eigenvalue weighted by molar-refractivity contribution is -0.161. The molecular formula is C11H21O8P. The molecule has 0 fully saturated rings. The molecule has 0 amide bonds. The molecule has 0 aliphatic rings. The van der Waals surface area contributed by atoms with Crippen LogP contribution in [-0.2, 0) is 28.2 Å². The average Bonchev–Trinajstić information content (AvgIpc) is 2.32.